The lowest BCUT2D eigenvalue weighted by Crippen LogP contribution is -2.41. The maximum atomic E-state index is 13.1. The van der Waals surface area contributed by atoms with Crippen LogP contribution < -0.4 is 10.6 Å². The quantitative estimate of drug-likeness (QED) is 0.666. The van der Waals surface area contributed by atoms with Crippen LogP contribution in [0.15, 0.2) is 27.6 Å². The number of piperidine rings is 1. The molecule has 1 saturated heterocycles. The molecule has 1 aliphatic rings. The Morgan fingerprint density at radius 3 is 2.27 bits per heavy atom. The molecule has 13 heteroatoms. The SMILES string of the molecule is CC(=O)Nc1ccc(C(F)(F)F)cc1NC(=O)C1CCN(S(=O)(=O)c2c(C)noc2C)CC1. The summed E-state index contributed by atoms with van der Waals surface area (Å²) in [5.74, 6) is -1.53. The Bertz CT molecular complexity index is 1150. The molecule has 33 heavy (non-hydrogen) atoms. The van der Waals surface area contributed by atoms with E-state index in [1.54, 1.807) is 0 Å². The fourth-order valence-corrected chi connectivity index (χ4v) is 5.45. The van der Waals surface area contributed by atoms with Crippen LogP contribution in [-0.2, 0) is 25.8 Å². The second-order valence-corrected chi connectivity index (χ2v) is 9.63. The number of anilines is 2. The molecular formula is C20H23F3N4O5S. The van der Waals surface area contributed by atoms with E-state index in [1.165, 1.54) is 25.1 Å². The molecule has 0 bridgehead atoms. The van der Waals surface area contributed by atoms with Gasteiger partial charge in [-0.15, -0.1) is 0 Å². The number of aromatic nitrogens is 1. The van der Waals surface area contributed by atoms with Gasteiger partial charge in [0, 0.05) is 25.9 Å². The van der Waals surface area contributed by atoms with Crippen molar-refractivity contribution in [3.05, 3.63) is 35.2 Å². The van der Waals surface area contributed by atoms with Gasteiger partial charge in [-0.3, -0.25) is 9.59 Å². The van der Waals surface area contributed by atoms with E-state index in [4.69, 9.17) is 4.52 Å². The average Bonchev–Trinajstić information content (AvgIpc) is 3.07. The molecule has 1 aromatic heterocycles. The van der Waals surface area contributed by atoms with Gasteiger partial charge in [-0.1, -0.05) is 5.16 Å². The monoisotopic (exact) mass is 488 g/mol. The molecule has 2 N–H and O–H groups in total. The zero-order valence-electron chi connectivity index (χ0n) is 18.1. The number of amides is 2. The van der Waals surface area contributed by atoms with Crippen LogP contribution in [-0.4, -0.2) is 42.8 Å². The highest BCUT2D eigenvalue weighted by molar-refractivity contribution is 7.89. The number of carbonyl (C=O) groups excluding carboxylic acids is 2. The summed E-state index contributed by atoms with van der Waals surface area (Å²) in [6.07, 6.45) is -4.29. The van der Waals surface area contributed by atoms with Crippen LogP contribution in [0.25, 0.3) is 0 Å². The molecule has 2 aromatic rings. The summed E-state index contributed by atoms with van der Waals surface area (Å²) in [5.41, 5.74) is -0.896. The molecule has 1 aromatic carbocycles. The van der Waals surface area contributed by atoms with Crippen molar-refractivity contribution >= 4 is 33.2 Å². The van der Waals surface area contributed by atoms with Crippen molar-refractivity contribution in [2.24, 2.45) is 5.92 Å². The number of halogens is 3. The van der Waals surface area contributed by atoms with Crippen molar-refractivity contribution < 1.29 is 35.7 Å². The van der Waals surface area contributed by atoms with Crippen LogP contribution in [0, 0.1) is 19.8 Å². The second kappa shape index (κ2) is 9.14. The van der Waals surface area contributed by atoms with Crippen molar-refractivity contribution in [1.29, 1.82) is 0 Å². The van der Waals surface area contributed by atoms with Crippen LogP contribution in [0.5, 0.6) is 0 Å². The summed E-state index contributed by atoms with van der Waals surface area (Å²) in [6, 6.07) is 2.62. The van der Waals surface area contributed by atoms with E-state index in [-0.39, 0.29) is 53.7 Å². The zero-order valence-corrected chi connectivity index (χ0v) is 18.9. The largest absolute Gasteiger partial charge is 0.416 e. The molecule has 0 radical (unpaired) electrons. The van der Waals surface area contributed by atoms with Gasteiger partial charge in [0.2, 0.25) is 21.8 Å². The van der Waals surface area contributed by atoms with E-state index in [0.29, 0.717) is 0 Å². The number of alkyl halides is 3. The van der Waals surface area contributed by atoms with Crippen LogP contribution in [0.3, 0.4) is 0 Å². The topological polar surface area (TPSA) is 122 Å². The lowest BCUT2D eigenvalue weighted by molar-refractivity contribution is -0.137. The molecule has 0 saturated carbocycles. The van der Waals surface area contributed by atoms with Crippen LogP contribution in [0.1, 0.15) is 36.8 Å². The third-order valence-electron chi connectivity index (χ3n) is 5.31. The lowest BCUT2D eigenvalue weighted by Gasteiger charge is -2.30. The van der Waals surface area contributed by atoms with Crippen LogP contribution in [0.4, 0.5) is 24.5 Å². The number of nitrogens with zero attached hydrogens (tertiary/aromatic N) is 2. The number of nitrogens with one attached hydrogen (secondary N) is 2. The first-order valence-electron chi connectivity index (χ1n) is 10.0. The van der Waals surface area contributed by atoms with Gasteiger partial charge in [-0.2, -0.15) is 17.5 Å². The Morgan fingerprint density at radius 1 is 1.12 bits per heavy atom. The highest BCUT2D eigenvalue weighted by Gasteiger charge is 2.36. The van der Waals surface area contributed by atoms with E-state index in [9.17, 15) is 31.2 Å². The molecular weight excluding hydrogens is 465 g/mol. The van der Waals surface area contributed by atoms with Gasteiger partial charge >= 0.3 is 6.18 Å². The van der Waals surface area contributed by atoms with Crippen molar-refractivity contribution in [3.63, 3.8) is 0 Å². The highest BCUT2D eigenvalue weighted by Crippen LogP contribution is 2.35. The van der Waals surface area contributed by atoms with Gasteiger partial charge in [-0.25, -0.2) is 8.42 Å². The minimum Gasteiger partial charge on any atom is -0.360 e. The zero-order chi connectivity index (χ0) is 24.6. The number of carbonyl (C=O) groups is 2. The number of hydrogen-bond acceptors (Lipinski definition) is 6. The van der Waals surface area contributed by atoms with Gasteiger partial charge in [0.15, 0.2) is 5.76 Å². The van der Waals surface area contributed by atoms with E-state index in [1.807, 2.05) is 0 Å². The van der Waals surface area contributed by atoms with Gasteiger partial charge in [0.25, 0.3) is 0 Å². The summed E-state index contributed by atoms with van der Waals surface area (Å²) in [7, 11) is -3.86. The molecule has 0 spiro atoms. The van der Waals surface area contributed by atoms with Crippen molar-refractivity contribution in [3.8, 4) is 0 Å². The van der Waals surface area contributed by atoms with Crippen molar-refractivity contribution in [2.75, 3.05) is 23.7 Å². The molecule has 0 unspecified atom stereocenters. The number of hydrogen-bond donors (Lipinski definition) is 2. The standard InChI is InChI=1S/C20H23F3N4O5S/c1-11-18(12(2)32-26-11)33(30,31)27-8-6-14(7-9-27)19(29)25-17-10-15(20(21,22)23)4-5-16(17)24-13(3)28/h4-5,10,14H,6-9H2,1-3H3,(H,24,28)(H,25,29). The molecule has 2 heterocycles. The third kappa shape index (κ3) is 5.36. The Labute approximate surface area is 188 Å². The van der Waals surface area contributed by atoms with E-state index in [0.717, 1.165) is 18.2 Å². The first-order chi connectivity index (χ1) is 15.3. The summed E-state index contributed by atoms with van der Waals surface area (Å²) >= 11 is 0. The molecule has 0 aliphatic carbocycles. The number of sulfonamides is 1. The number of aryl methyl sites for hydroxylation is 2. The minimum absolute atomic E-state index is 0.00526. The predicted molar refractivity (Wildman–Crippen MR) is 112 cm³/mol. The Balaban J connectivity index is 1.73. The van der Waals surface area contributed by atoms with Gasteiger partial charge < -0.3 is 15.2 Å². The molecule has 3 rings (SSSR count). The first-order valence-corrected chi connectivity index (χ1v) is 11.5. The molecule has 2 amide bonds. The van der Waals surface area contributed by atoms with Gasteiger partial charge in [-0.05, 0) is 44.9 Å². The number of rotatable bonds is 5. The third-order valence-corrected chi connectivity index (χ3v) is 7.45. The first kappa shape index (κ1) is 24.7. The summed E-state index contributed by atoms with van der Waals surface area (Å²) in [6.45, 7) is 4.30. The Kier molecular flexibility index (Phi) is 6.84. The maximum Gasteiger partial charge on any atom is 0.416 e. The normalized spacial score (nSPS) is 15.9. The smallest absolute Gasteiger partial charge is 0.360 e. The molecule has 180 valence electrons. The van der Waals surface area contributed by atoms with Crippen molar-refractivity contribution in [1.82, 2.24) is 9.46 Å². The molecule has 1 aliphatic heterocycles. The maximum absolute atomic E-state index is 13.1. The van der Waals surface area contributed by atoms with Crippen molar-refractivity contribution in [2.45, 2.75) is 44.7 Å². The predicted octanol–water partition coefficient (Wildman–Crippen LogP) is 3.31. The fraction of sp³-hybridized carbons (Fsp3) is 0.450. The molecule has 0 atom stereocenters. The van der Waals surface area contributed by atoms with E-state index < -0.39 is 39.5 Å². The van der Waals surface area contributed by atoms with Gasteiger partial charge in [0.1, 0.15) is 10.6 Å². The fourth-order valence-electron chi connectivity index (χ4n) is 3.69. The summed E-state index contributed by atoms with van der Waals surface area (Å²) in [5, 5.41) is 8.51. The molecule has 9 nitrogen and oxygen atoms in total. The summed E-state index contributed by atoms with van der Waals surface area (Å²) in [4.78, 5) is 24.1. The minimum atomic E-state index is -4.63. The van der Waals surface area contributed by atoms with Gasteiger partial charge in [0.05, 0.1) is 16.9 Å². The van der Waals surface area contributed by atoms with E-state index >= 15 is 0 Å². The van der Waals surface area contributed by atoms with Crippen LogP contribution in [0.2, 0.25) is 0 Å². The Morgan fingerprint density at radius 2 is 1.76 bits per heavy atom. The molecule has 1 fully saturated rings. The second-order valence-electron chi connectivity index (χ2n) is 7.76. The highest BCUT2D eigenvalue weighted by atomic mass is 32.2. The van der Waals surface area contributed by atoms with E-state index in [2.05, 4.69) is 15.8 Å². The number of benzene rings is 1. The average molecular weight is 488 g/mol. The Hall–Kier alpha value is -2.93. The lowest BCUT2D eigenvalue weighted by atomic mass is 9.97. The summed E-state index contributed by atoms with van der Waals surface area (Å²) < 4.78 is 71.3. The van der Waals surface area contributed by atoms with Crippen LogP contribution >= 0.6 is 0 Å².